The third kappa shape index (κ3) is 7.27. The molecule has 11 nitrogen and oxygen atoms in total. The zero-order valence-corrected chi connectivity index (χ0v) is 25.6. The molecule has 0 aliphatic carbocycles. The first-order valence-electron chi connectivity index (χ1n) is 15.3. The van der Waals surface area contributed by atoms with Crippen molar-refractivity contribution in [2.75, 3.05) is 45.1 Å². The summed E-state index contributed by atoms with van der Waals surface area (Å²) in [5.74, 6) is 0.0511. The van der Waals surface area contributed by atoms with Gasteiger partial charge in [0, 0.05) is 55.4 Å². The molecule has 1 atom stereocenters. The van der Waals surface area contributed by atoms with Crippen LogP contribution in [0.5, 0.6) is 0 Å². The number of anilines is 1. The number of benzene rings is 2. The summed E-state index contributed by atoms with van der Waals surface area (Å²) in [5, 5.41) is 6.92. The van der Waals surface area contributed by atoms with Crippen LogP contribution in [-0.4, -0.2) is 90.1 Å². The van der Waals surface area contributed by atoms with Crippen molar-refractivity contribution < 1.29 is 23.6 Å². The van der Waals surface area contributed by atoms with Gasteiger partial charge in [0.25, 0.3) is 11.8 Å². The molecule has 44 heavy (non-hydrogen) atoms. The summed E-state index contributed by atoms with van der Waals surface area (Å²) in [7, 11) is 1.72. The summed E-state index contributed by atoms with van der Waals surface area (Å²) in [6, 6.07) is 13.1. The van der Waals surface area contributed by atoms with Crippen molar-refractivity contribution in [2.45, 2.75) is 52.0 Å². The molecule has 2 fully saturated rings. The lowest BCUT2D eigenvalue weighted by atomic mass is 10.1. The number of nitrogens with zero attached hydrogens (tertiary/aromatic N) is 4. The standard InChI is InChI=1S/C33H40N6O5/c1-4-37(3)31(42)24-12-10-23(11-13-24)30(41)36-33(34-26-14-15-28-25(20-26)19-22(2)44-28)35-27-9-5-6-18-39(32(27)43)21-29(40)38-16-7-8-17-38/h10-15,19-20,27H,4-9,16-18,21H2,1-3H3,(H2,34,35,36,41)/t27-/m0/s1. The van der Waals surface area contributed by atoms with Gasteiger partial charge in [0.1, 0.15) is 17.4 Å². The summed E-state index contributed by atoms with van der Waals surface area (Å²) in [6.45, 7) is 6.32. The summed E-state index contributed by atoms with van der Waals surface area (Å²) < 4.78 is 5.69. The second-order valence-electron chi connectivity index (χ2n) is 11.4. The molecule has 232 valence electrons. The number of aliphatic imine (C=N–C) groups is 1. The maximum absolute atomic E-state index is 13.7. The lowest BCUT2D eigenvalue weighted by molar-refractivity contribution is -0.140. The van der Waals surface area contributed by atoms with Crippen molar-refractivity contribution >= 4 is 46.2 Å². The molecule has 5 rings (SSSR count). The Balaban J connectivity index is 1.39. The normalized spacial score (nSPS) is 17.5. The number of fused-ring (bicyclic) bond motifs is 1. The molecule has 2 saturated heterocycles. The average Bonchev–Trinajstić information content (AvgIpc) is 3.66. The van der Waals surface area contributed by atoms with Gasteiger partial charge in [-0.25, -0.2) is 4.99 Å². The van der Waals surface area contributed by atoms with Crippen molar-refractivity contribution in [3.8, 4) is 0 Å². The molecular formula is C33H40N6O5. The van der Waals surface area contributed by atoms with Crippen LogP contribution >= 0.6 is 0 Å². The van der Waals surface area contributed by atoms with Crippen LogP contribution in [0.4, 0.5) is 5.69 Å². The minimum absolute atomic E-state index is 0.0365. The molecule has 4 amide bonds. The number of likely N-dealkylation sites (tertiary alicyclic amines) is 2. The molecule has 2 aliphatic heterocycles. The van der Waals surface area contributed by atoms with Crippen LogP contribution in [0.2, 0.25) is 0 Å². The number of hydrogen-bond donors (Lipinski definition) is 2. The van der Waals surface area contributed by atoms with Crippen molar-refractivity contribution in [3.63, 3.8) is 0 Å². The Labute approximate surface area is 257 Å². The Kier molecular flexibility index (Phi) is 9.62. The molecule has 11 heteroatoms. The van der Waals surface area contributed by atoms with Gasteiger partial charge in [-0.1, -0.05) is 0 Å². The fourth-order valence-electron chi connectivity index (χ4n) is 5.54. The Morgan fingerprint density at radius 3 is 2.41 bits per heavy atom. The zero-order valence-electron chi connectivity index (χ0n) is 25.6. The molecule has 2 aromatic carbocycles. The van der Waals surface area contributed by atoms with Crippen LogP contribution in [0.1, 0.15) is 65.5 Å². The van der Waals surface area contributed by atoms with E-state index in [2.05, 4.69) is 10.6 Å². The predicted molar refractivity (Wildman–Crippen MR) is 169 cm³/mol. The molecule has 2 aliphatic rings. The topological polar surface area (TPSA) is 128 Å². The highest BCUT2D eigenvalue weighted by Gasteiger charge is 2.30. The summed E-state index contributed by atoms with van der Waals surface area (Å²) in [4.78, 5) is 62.2. The molecule has 0 spiro atoms. The average molecular weight is 601 g/mol. The summed E-state index contributed by atoms with van der Waals surface area (Å²) >= 11 is 0. The third-order valence-corrected chi connectivity index (χ3v) is 8.17. The fourth-order valence-corrected chi connectivity index (χ4v) is 5.54. The van der Waals surface area contributed by atoms with E-state index in [1.54, 1.807) is 41.1 Å². The maximum atomic E-state index is 13.7. The van der Waals surface area contributed by atoms with Gasteiger partial charge in [-0.3, -0.25) is 24.5 Å². The Hall–Kier alpha value is -4.67. The number of hydrogen-bond acceptors (Lipinski definition) is 6. The SMILES string of the molecule is CCN(C)C(=O)c1ccc(C(=O)NC(=N[C@H]2CCCCN(CC(=O)N3CCCC3)C2=O)Nc2ccc3oc(C)cc3c2)cc1. The van der Waals surface area contributed by atoms with Gasteiger partial charge >= 0.3 is 0 Å². The quantitative estimate of drug-likeness (QED) is 0.311. The van der Waals surface area contributed by atoms with Gasteiger partial charge in [0.2, 0.25) is 17.8 Å². The lowest BCUT2D eigenvalue weighted by Crippen LogP contribution is -2.45. The third-order valence-electron chi connectivity index (χ3n) is 8.17. The molecule has 0 unspecified atom stereocenters. The van der Waals surface area contributed by atoms with Crippen LogP contribution in [0.3, 0.4) is 0 Å². The second kappa shape index (κ2) is 13.7. The zero-order chi connectivity index (χ0) is 31.2. The Bertz CT molecular complexity index is 1560. The Morgan fingerprint density at radius 2 is 1.68 bits per heavy atom. The van der Waals surface area contributed by atoms with Crippen molar-refractivity contribution in [2.24, 2.45) is 4.99 Å². The second-order valence-corrected chi connectivity index (χ2v) is 11.4. The predicted octanol–water partition coefficient (Wildman–Crippen LogP) is 4.03. The van der Waals surface area contributed by atoms with Crippen LogP contribution in [-0.2, 0) is 9.59 Å². The molecule has 3 aromatic rings. The summed E-state index contributed by atoms with van der Waals surface area (Å²) in [5.41, 5.74) is 2.20. The van der Waals surface area contributed by atoms with Gasteiger partial charge < -0.3 is 24.4 Å². The number of carbonyl (C=O) groups is 4. The van der Waals surface area contributed by atoms with Crippen LogP contribution in [0.25, 0.3) is 11.0 Å². The number of carbonyl (C=O) groups excluding carboxylic acids is 4. The largest absolute Gasteiger partial charge is 0.461 e. The lowest BCUT2D eigenvalue weighted by Gasteiger charge is -2.25. The van der Waals surface area contributed by atoms with Crippen LogP contribution < -0.4 is 10.6 Å². The monoisotopic (exact) mass is 600 g/mol. The Morgan fingerprint density at radius 1 is 0.977 bits per heavy atom. The van der Waals surface area contributed by atoms with E-state index >= 15 is 0 Å². The first-order valence-corrected chi connectivity index (χ1v) is 15.3. The van der Waals surface area contributed by atoms with Crippen molar-refractivity contribution in [1.29, 1.82) is 0 Å². The number of guanidine groups is 1. The molecule has 1 aromatic heterocycles. The smallest absolute Gasteiger partial charge is 0.257 e. The fraction of sp³-hybridized carbons (Fsp3) is 0.424. The van der Waals surface area contributed by atoms with E-state index in [-0.39, 0.29) is 30.2 Å². The van der Waals surface area contributed by atoms with E-state index in [9.17, 15) is 19.2 Å². The number of rotatable bonds is 7. The van der Waals surface area contributed by atoms with E-state index in [0.29, 0.717) is 36.3 Å². The number of nitrogens with one attached hydrogen (secondary N) is 2. The van der Waals surface area contributed by atoms with Crippen LogP contribution in [0.15, 0.2) is 57.9 Å². The highest BCUT2D eigenvalue weighted by molar-refractivity contribution is 6.11. The molecule has 0 saturated carbocycles. The highest BCUT2D eigenvalue weighted by atomic mass is 16.3. The minimum atomic E-state index is -0.767. The van der Waals surface area contributed by atoms with Gasteiger partial charge in [0.05, 0.1) is 6.54 Å². The van der Waals surface area contributed by atoms with Gasteiger partial charge in [-0.2, -0.15) is 0 Å². The van der Waals surface area contributed by atoms with Crippen molar-refractivity contribution in [1.82, 2.24) is 20.0 Å². The van der Waals surface area contributed by atoms with E-state index in [0.717, 1.165) is 55.5 Å². The van der Waals surface area contributed by atoms with Gasteiger partial charge in [-0.05, 0) is 94.5 Å². The van der Waals surface area contributed by atoms with Gasteiger partial charge in [0.15, 0.2) is 0 Å². The highest BCUT2D eigenvalue weighted by Crippen LogP contribution is 2.23. The molecular weight excluding hydrogens is 560 g/mol. The van der Waals surface area contributed by atoms with E-state index in [4.69, 9.17) is 9.41 Å². The number of amides is 4. The van der Waals surface area contributed by atoms with E-state index in [1.807, 2.05) is 43.0 Å². The summed E-state index contributed by atoms with van der Waals surface area (Å²) in [6.07, 6.45) is 4.00. The molecule has 0 radical (unpaired) electrons. The van der Waals surface area contributed by atoms with Crippen LogP contribution in [0, 0.1) is 6.92 Å². The van der Waals surface area contributed by atoms with E-state index in [1.165, 1.54) is 0 Å². The molecule has 2 N–H and O–H groups in total. The number of aryl methyl sites for hydroxylation is 1. The minimum Gasteiger partial charge on any atom is -0.461 e. The van der Waals surface area contributed by atoms with E-state index < -0.39 is 11.9 Å². The number of furan rings is 1. The van der Waals surface area contributed by atoms with Crippen molar-refractivity contribution in [3.05, 3.63) is 65.4 Å². The molecule has 3 heterocycles. The molecule has 0 bridgehead atoms. The van der Waals surface area contributed by atoms with Gasteiger partial charge in [-0.15, -0.1) is 0 Å². The maximum Gasteiger partial charge on any atom is 0.257 e. The first-order chi connectivity index (χ1) is 21.2. The first kappa shape index (κ1) is 30.8.